The molecular formula is C109H106N20O4Pt4-12. The number of ether oxygens (including phenoxy) is 4. The SMILES string of the molecule is CC(C)(C)c1ccnc(-n2ncc3ccc(Oc4[c-]c(N5C=CN(C(C)(C)C)[CH-]5)ccc4)[c-]c32)c1.CC(C)N1C=CN(c2[c-]c(Oc3[c-]c4c(cc3)cnn4-c3cc(C(C)(C)C)ccn3)ccc2)[CH-]1.CC(C)c1ccnc(-n2ncc3ccc(Oc4[c-]c(N5C=CN(C(C)C)[CH-]5)ccc4)[c-]c32)c1.CC(C)c1ccnc(-n2ncc3ccc(Oc4[c-]c(N5C=CN(C)[CH-]5)ccc4)[c-]c32)c1.[Pt].[Pt].[Pt].[Pt]. The summed E-state index contributed by atoms with van der Waals surface area (Å²) >= 11 is 0. The van der Waals surface area contributed by atoms with Crippen molar-refractivity contribution in [1.82, 2.24) is 78.7 Å². The van der Waals surface area contributed by atoms with Crippen LogP contribution in [0, 0.1) is 75.2 Å². The van der Waals surface area contributed by atoms with Gasteiger partial charge in [-0.3, -0.25) is 0 Å². The molecule has 0 radical (unpaired) electrons. The smallest absolute Gasteiger partial charge is 0.151 e. The zero-order valence-electron chi connectivity index (χ0n) is 79.4. The van der Waals surface area contributed by atoms with Crippen molar-refractivity contribution in [1.29, 1.82) is 0 Å². The minimum Gasteiger partial charge on any atom is -0.510 e. The summed E-state index contributed by atoms with van der Waals surface area (Å²) in [5.41, 5.74) is 11.8. The molecule has 137 heavy (non-hydrogen) atoms. The minimum absolute atomic E-state index is 0. The number of nitrogens with zero attached hydrogens (tertiary/aromatic N) is 20. The number of aromatic nitrogens is 12. The molecule has 0 bridgehead atoms. The van der Waals surface area contributed by atoms with Crippen LogP contribution in [0.3, 0.4) is 0 Å². The van der Waals surface area contributed by atoms with Crippen molar-refractivity contribution in [3.63, 3.8) is 0 Å². The number of anilines is 4. The molecule has 20 rings (SSSR count). The second-order valence-electron chi connectivity index (χ2n) is 36.9. The molecule has 24 nitrogen and oxygen atoms in total. The van der Waals surface area contributed by atoms with E-state index >= 15 is 0 Å². The van der Waals surface area contributed by atoms with E-state index in [2.05, 4.69) is 284 Å². The zero-order valence-corrected chi connectivity index (χ0v) is 88.5. The molecule has 0 saturated heterocycles. The summed E-state index contributed by atoms with van der Waals surface area (Å²) in [6, 6.07) is 83.0. The van der Waals surface area contributed by atoms with Gasteiger partial charge in [-0.1, -0.05) is 90.8 Å². The summed E-state index contributed by atoms with van der Waals surface area (Å²) in [6.07, 6.45) is 30.8. The first-order valence-corrected chi connectivity index (χ1v) is 44.5. The quantitative estimate of drug-likeness (QED) is 0.0655. The Morgan fingerprint density at radius 1 is 0.299 bits per heavy atom. The monoisotopic (exact) mass is 2540 g/mol. The molecule has 0 N–H and O–H groups in total. The maximum Gasteiger partial charge on any atom is 0.151 e. The normalized spacial score (nSPS) is 13.4. The van der Waals surface area contributed by atoms with Crippen LogP contribution in [0.5, 0.6) is 46.0 Å². The van der Waals surface area contributed by atoms with E-state index in [0.29, 0.717) is 69.9 Å². The van der Waals surface area contributed by atoms with Crippen LogP contribution in [-0.2, 0) is 95.1 Å². The molecule has 0 saturated carbocycles. The molecular weight excluding hydrogens is 2430 g/mol. The molecule has 4 aliphatic heterocycles. The van der Waals surface area contributed by atoms with Gasteiger partial charge in [-0.05, 0) is 233 Å². The molecule has 12 heterocycles. The average Bonchev–Trinajstić information content (AvgIpc) is 1.66. The Labute approximate surface area is 861 Å². The topological polar surface area (TPSA) is 186 Å². The predicted molar refractivity (Wildman–Crippen MR) is 525 cm³/mol. The number of fused-ring (bicyclic) bond motifs is 4. The van der Waals surface area contributed by atoms with Crippen molar-refractivity contribution < 1.29 is 103 Å². The summed E-state index contributed by atoms with van der Waals surface area (Å²) in [5.74, 6) is 8.75. The fourth-order valence-corrected chi connectivity index (χ4v) is 14.7. The van der Waals surface area contributed by atoms with Crippen LogP contribution in [0.2, 0.25) is 0 Å². The van der Waals surface area contributed by atoms with Crippen molar-refractivity contribution in [2.45, 2.75) is 158 Å². The van der Waals surface area contributed by atoms with E-state index < -0.39 is 0 Å². The Balaban J connectivity index is 0.000000153. The molecule has 0 unspecified atom stereocenters. The molecule has 0 atom stereocenters. The number of rotatable bonds is 20. The Kier molecular flexibility index (Phi) is 32.7. The van der Waals surface area contributed by atoms with Crippen LogP contribution in [0.4, 0.5) is 22.7 Å². The molecule has 0 aliphatic carbocycles. The van der Waals surface area contributed by atoms with Crippen molar-refractivity contribution in [2.75, 3.05) is 26.6 Å². The molecule has 0 amide bonds. The van der Waals surface area contributed by atoms with Crippen LogP contribution < -0.4 is 38.5 Å². The molecule has 8 aromatic heterocycles. The summed E-state index contributed by atoms with van der Waals surface area (Å²) in [7, 11) is 1.98. The van der Waals surface area contributed by atoms with Gasteiger partial charge in [0.2, 0.25) is 0 Å². The van der Waals surface area contributed by atoms with E-state index in [1.165, 1.54) is 22.3 Å². The average molecular weight is 2540 g/mol. The Morgan fingerprint density at radius 2 is 0.584 bits per heavy atom. The van der Waals surface area contributed by atoms with Crippen LogP contribution in [-0.4, -0.2) is 103 Å². The van der Waals surface area contributed by atoms with E-state index in [1.807, 2.05) is 274 Å². The van der Waals surface area contributed by atoms with Crippen LogP contribution >= 0.6 is 0 Å². The number of benzene rings is 8. The van der Waals surface area contributed by atoms with E-state index in [0.717, 1.165) is 89.6 Å². The van der Waals surface area contributed by atoms with Gasteiger partial charge in [-0.25, -0.2) is 38.7 Å². The summed E-state index contributed by atoms with van der Waals surface area (Å²) in [4.78, 5) is 34.6. The van der Waals surface area contributed by atoms with E-state index in [4.69, 9.17) is 18.9 Å². The van der Waals surface area contributed by atoms with Gasteiger partial charge in [-0.2, -0.15) is 95.6 Å². The van der Waals surface area contributed by atoms with Gasteiger partial charge in [0.15, 0.2) is 23.3 Å². The third kappa shape index (κ3) is 24.4. The number of hydrogen-bond donors (Lipinski definition) is 0. The van der Waals surface area contributed by atoms with Gasteiger partial charge >= 0.3 is 0 Å². The third-order valence-corrected chi connectivity index (χ3v) is 22.5. The first kappa shape index (κ1) is 102. The van der Waals surface area contributed by atoms with Crippen LogP contribution in [0.15, 0.2) is 269 Å². The molecule has 8 aromatic carbocycles. The van der Waals surface area contributed by atoms with Crippen molar-refractivity contribution in [3.05, 3.63) is 366 Å². The number of pyridine rings is 4. The Bertz CT molecular complexity index is 6980. The Morgan fingerprint density at radius 3 is 0.861 bits per heavy atom. The van der Waals surface area contributed by atoms with Gasteiger partial charge in [0.05, 0.1) is 0 Å². The van der Waals surface area contributed by atoms with Gasteiger partial charge < -0.3 is 58.1 Å². The standard InChI is InChI=1S/C29H30N5O.C28H28N5O.C27H26N5O.C25H22N5O.4Pt/c1-28(2,3)22-12-13-30-27(16-22)34-26-18-25(11-10-21(26)19-31-34)35-24-9-7-8-23(17-24)32-14-15-33(20-32)29(4,5)6;1-20(2)31-13-14-32(19-31)23-7-6-8-24(16-23)34-25-10-9-21-18-30-33(26(21)17-25)27-15-22(11-12-29-27)28(3,4)5;1-19(2)21-10-11-28-27(14-21)32-26-16-25(9-8-22(26)17-29-32)33-24-7-5-6-23(15-24)31-13-12-30(18-31)20(3)4;1-18(2)19-9-10-26-25(13-19)30-24-15-23(8-7-20(24)16-27-30)31-22-6-4-5-21(14-22)29-12-11-28(3)17-29;;;;/h7-16,19-20H,1-6H3;6-15,18-20H,1-5H3;5-14,17-20H,1-4H3;4-13,16-18H,1-3H3;;;;/q4*-3;;;;. The van der Waals surface area contributed by atoms with Gasteiger partial charge in [0.25, 0.3) is 0 Å². The van der Waals surface area contributed by atoms with Crippen LogP contribution in [0.1, 0.15) is 152 Å². The van der Waals surface area contributed by atoms with Gasteiger partial charge in [0, 0.05) is 185 Å². The minimum atomic E-state index is 0. The maximum absolute atomic E-state index is 6.17. The molecule has 4 aliphatic rings. The summed E-state index contributed by atoms with van der Waals surface area (Å²) in [5, 5.41) is 22.1. The van der Waals surface area contributed by atoms with Crippen molar-refractivity contribution in [3.8, 4) is 69.3 Å². The summed E-state index contributed by atoms with van der Waals surface area (Å²) in [6.45, 7) is 45.0. The van der Waals surface area contributed by atoms with Crippen molar-refractivity contribution in [2.24, 2.45) is 0 Å². The molecule has 16 aromatic rings. The van der Waals surface area contributed by atoms with Crippen molar-refractivity contribution >= 4 is 66.4 Å². The van der Waals surface area contributed by atoms with Gasteiger partial charge in [-0.15, -0.1) is 144 Å². The maximum atomic E-state index is 6.17. The van der Waals surface area contributed by atoms with Crippen LogP contribution in [0.25, 0.3) is 66.9 Å². The molecule has 0 fully saturated rings. The predicted octanol–water partition coefficient (Wildman–Crippen LogP) is 24.2. The van der Waals surface area contributed by atoms with Gasteiger partial charge in [0.1, 0.15) is 0 Å². The molecule has 718 valence electrons. The zero-order chi connectivity index (χ0) is 93.0. The molecule has 28 heteroatoms. The Hall–Kier alpha value is -12.4. The number of hydrogen-bond acceptors (Lipinski definition) is 20. The first-order chi connectivity index (χ1) is 63.9. The van der Waals surface area contributed by atoms with E-state index in [-0.39, 0.29) is 101 Å². The fraction of sp³-hybridized carbons (Fsp3) is 0.229. The fourth-order valence-electron chi connectivity index (χ4n) is 14.7. The first-order valence-electron chi connectivity index (χ1n) is 44.5. The largest absolute Gasteiger partial charge is 0.510 e. The second kappa shape index (κ2) is 43.9. The van der Waals surface area contributed by atoms with E-state index in [9.17, 15) is 0 Å². The second-order valence-corrected chi connectivity index (χ2v) is 36.9. The summed E-state index contributed by atoms with van der Waals surface area (Å²) < 4.78 is 31.8. The van der Waals surface area contributed by atoms with E-state index in [1.54, 1.807) is 9.36 Å². The third-order valence-electron chi connectivity index (χ3n) is 22.5. The molecule has 0 spiro atoms.